The zero-order valence-corrected chi connectivity index (χ0v) is 19.6. The summed E-state index contributed by atoms with van der Waals surface area (Å²) < 4.78 is 12.0. The highest BCUT2D eigenvalue weighted by atomic mass is 79.9. The maximum Gasteiger partial charge on any atom is 0.262 e. The normalized spacial score (nSPS) is 10.5. The van der Waals surface area contributed by atoms with Crippen LogP contribution in [0.25, 0.3) is 0 Å². The Bertz CT molecular complexity index is 1040. The number of methoxy groups -OCH3 is 1. The van der Waals surface area contributed by atoms with Gasteiger partial charge in [0, 0.05) is 17.9 Å². The number of aryl methyl sites for hydroxylation is 2. The van der Waals surface area contributed by atoms with Gasteiger partial charge in [-0.2, -0.15) is 0 Å². The van der Waals surface area contributed by atoms with Gasteiger partial charge in [-0.15, -0.1) is 0 Å². The van der Waals surface area contributed by atoms with Crippen molar-refractivity contribution >= 4 is 33.2 Å². The molecule has 0 spiro atoms. The average molecular weight is 483 g/mol. The fourth-order valence-electron chi connectivity index (χ4n) is 3.14. The summed E-state index contributed by atoms with van der Waals surface area (Å²) in [6.07, 6.45) is 1.02. The SMILES string of the molecule is CCc1ccc(NCc2cc(Br)c(OCC(=O)Nc3cccc(C)c3)c(OC)c2)cc1. The Kier molecular flexibility index (Phi) is 7.95. The first kappa shape index (κ1) is 22.7. The molecule has 0 saturated carbocycles. The van der Waals surface area contributed by atoms with E-state index < -0.39 is 0 Å². The lowest BCUT2D eigenvalue weighted by Crippen LogP contribution is -2.20. The van der Waals surface area contributed by atoms with E-state index in [-0.39, 0.29) is 12.5 Å². The van der Waals surface area contributed by atoms with Crippen LogP contribution in [0.4, 0.5) is 11.4 Å². The molecule has 5 nitrogen and oxygen atoms in total. The summed E-state index contributed by atoms with van der Waals surface area (Å²) in [6.45, 7) is 4.63. The van der Waals surface area contributed by atoms with Gasteiger partial charge >= 0.3 is 0 Å². The van der Waals surface area contributed by atoms with Gasteiger partial charge in [0.1, 0.15) is 0 Å². The van der Waals surface area contributed by atoms with Crippen LogP contribution in [0.1, 0.15) is 23.6 Å². The zero-order valence-electron chi connectivity index (χ0n) is 18.0. The predicted molar refractivity (Wildman–Crippen MR) is 129 cm³/mol. The van der Waals surface area contributed by atoms with Crippen LogP contribution in [0.5, 0.6) is 11.5 Å². The van der Waals surface area contributed by atoms with Crippen molar-refractivity contribution in [3.8, 4) is 11.5 Å². The largest absolute Gasteiger partial charge is 0.493 e. The zero-order chi connectivity index (χ0) is 22.2. The highest BCUT2D eigenvalue weighted by Gasteiger charge is 2.14. The van der Waals surface area contributed by atoms with Gasteiger partial charge in [0.25, 0.3) is 5.91 Å². The quantitative estimate of drug-likeness (QED) is 0.395. The molecule has 0 unspecified atom stereocenters. The Morgan fingerprint density at radius 3 is 2.45 bits per heavy atom. The molecule has 162 valence electrons. The summed E-state index contributed by atoms with van der Waals surface area (Å²) in [4.78, 5) is 12.3. The summed E-state index contributed by atoms with van der Waals surface area (Å²) in [5, 5.41) is 6.25. The van der Waals surface area contributed by atoms with Crippen LogP contribution in [-0.2, 0) is 17.8 Å². The molecule has 0 fully saturated rings. The smallest absolute Gasteiger partial charge is 0.262 e. The molecule has 6 heteroatoms. The van der Waals surface area contributed by atoms with Gasteiger partial charge in [-0.3, -0.25) is 4.79 Å². The van der Waals surface area contributed by atoms with E-state index in [0.717, 1.165) is 33.4 Å². The Labute approximate surface area is 191 Å². The average Bonchev–Trinajstić information content (AvgIpc) is 2.77. The van der Waals surface area contributed by atoms with Gasteiger partial charge in [-0.1, -0.05) is 31.2 Å². The monoisotopic (exact) mass is 482 g/mol. The van der Waals surface area contributed by atoms with Crippen LogP contribution in [0.15, 0.2) is 65.1 Å². The molecule has 3 aromatic carbocycles. The van der Waals surface area contributed by atoms with E-state index in [9.17, 15) is 4.79 Å². The van der Waals surface area contributed by atoms with Gasteiger partial charge in [0.15, 0.2) is 18.1 Å². The molecule has 3 rings (SSSR count). The van der Waals surface area contributed by atoms with Crippen LogP contribution in [-0.4, -0.2) is 19.6 Å². The summed E-state index contributed by atoms with van der Waals surface area (Å²) >= 11 is 3.55. The van der Waals surface area contributed by atoms with Gasteiger partial charge in [-0.25, -0.2) is 0 Å². The number of halogens is 1. The molecule has 0 aromatic heterocycles. The van der Waals surface area contributed by atoms with Crippen molar-refractivity contribution in [2.45, 2.75) is 26.8 Å². The number of hydrogen-bond acceptors (Lipinski definition) is 4. The fraction of sp³-hybridized carbons (Fsp3) is 0.240. The molecule has 2 N–H and O–H groups in total. The van der Waals surface area contributed by atoms with Crippen molar-refractivity contribution in [3.05, 3.63) is 81.8 Å². The molecule has 31 heavy (non-hydrogen) atoms. The van der Waals surface area contributed by atoms with Crippen molar-refractivity contribution in [2.24, 2.45) is 0 Å². The lowest BCUT2D eigenvalue weighted by atomic mass is 10.1. The van der Waals surface area contributed by atoms with E-state index in [4.69, 9.17) is 9.47 Å². The minimum absolute atomic E-state index is 0.121. The highest BCUT2D eigenvalue weighted by Crippen LogP contribution is 2.37. The van der Waals surface area contributed by atoms with Crippen LogP contribution < -0.4 is 20.1 Å². The molecule has 0 radical (unpaired) electrons. The molecule has 0 atom stereocenters. The number of benzene rings is 3. The maximum absolute atomic E-state index is 12.3. The van der Waals surface area contributed by atoms with E-state index in [2.05, 4.69) is 57.8 Å². The molecule has 1 amide bonds. The number of ether oxygens (including phenoxy) is 2. The van der Waals surface area contributed by atoms with Crippen LogP contribution >= 0.6 is 15.9 Å². The number of carbonyl (C=O) groups excluding carboxylic acids is 1. The predicted octanol–water partition coefficient (Wildman–Crippen LogP) is 5.96. The molecule has 0 aliphatic heterocycles. The molecule has 0 saturated heterocycles. The standard InChI is InChI=1S/C25H27BrN2O3/c1-4-18-8-10-20(11-9-18)27-15-19-13-22(26)25(23(14-19)30-3)31-16-24(29)28-21-7-5-6-17(2)12-21/h5-14,27H,4,15-16H2,1-3H3,(H,28,29). The molecule has 3 aromatic rings. The van der Waals surface area contributed by atoms with Crippen LogP contribution in [0.3, 0.4) is 0 Å². The number of carbonyl (C=O) groups is 1. The first-order chi connectivity index (χ1) is 15.0. The van der Waals surface area contributed by atoms with E-state index in [1.807, 2.05) is 43.3 Å². The second kappa shape index (κ2) is 10.9. The molecular formula is C25H27BrN2O3. The van der Waals surface area contributed by atoms with Crippen LogP contribution in [0, 0.1) is 6.92 Å². The lowest BCUT2D eigenvalue weighted by molar-refractivity contribution is -0.118. The van der Waals surface area contributed by atoms with Crippen molar-refractivity contribution < 1.29 is 14.3 Å². The molecule has 0 bridgehead atoms. The Morgan fingerprint density at radius 1 is 1.00 bits per heavy atom. The first-order valence-electron chi connectivity index (χ1n) is 10.2. The third-order valence-electron chi connectivity index (χ3n) is 4.80. The summed E-state index contributed by atoms with van der Waals surface area (Å²) in [5.41, 5.74) is 5.21. The molecule has 0 aliphatic carbocycles. The third kappa shape index (κ3) is 6.49. The minimum Gasteiger partial charge on any atom is -0.493 e. The second-order valence-electron chi connectivity index (χ2n) is 7.22. The molecule has 0 heterocycles. The van der Waals surface area contributed by atoms with E-state index >= 15 is 0 Å². The maximum atomic E-state index is 12.3. The third-order valence-corrected chi connectivity index (χ3v) is 5.39. The van der Waals surface area contributed by atoms with Gasteiger partial charge in [-0.05, 0) is 82.4 Å². The Balaban J connectivity index is 1.62. The van der Waals surface area contributed by atoms with Crippen LogP contribution in [0.2, 0.25) is 0 Å². The summed E-state index contributed by atoms with van der Waals surface area (Å²) in [6, 6.07) is 19.9. The van der Waals surface area contributed by atoms with E-state index in [0.29, 0.717) is 18.0 Å². The molecular weight excluding hydrogens is 456 g/mol. The van der Waals surface area contributed by atoms with Gasteiger partial charge in [0.05, 0.1) is 11.6 Å². The first-order valence-corrected chi connectivity index (χ1v) is 11.0. The highest BCUT2D eigenvalue weighted by molar-refractivity contribution is 9.10. The minimum atomic E-state index is -0.235. The number of rotatable bonds is 9. The van der Waals surface area contributed by atoms with Crippen molar-refractivity contribution in [1.29, 1.82) is 0 Å². The Hall–Kier alpha value is -2.99. The number of anilines is 2. The van der Waals surface area contributed by atoms with E-state index in [1.54, 1.807) is 7.11 Å². The Morgan fingerprint density at radius 2 is 1.77 bits per heavy atom. The van der Waals surface area contributed by atoms with Gasteiger partial charge < -0.3 is 20.1 Å². The summed E-state index contributed by atoms with van der Waals surface area (Å²) in [5.74, 6) is 0.828. The van der Waals surface area contributed by atoms with E-state index in [1.165, 1.54) is 5.56 Å². The number of amides is 1. The number of hydrogen-bond donors (Lipinski definition) is 2. The van der Waals surface area contributed by atoms with Gasteiger partial charge in [0.2, 0.25) is 0 Å². The van der Waals surface area contributed by atoms with Crippen molar-refractivity contribution in [1.82, 2.24) is 0 Å². The second-order valence-corrected chi connectivity index (χ2v) is 8.07. The summed E-state index contributed by atoms with van der Waals surface area (Å²) in [7, 11) is 1.59. The fourth-order valence-corrected chi connectivity index (χ4v) is 3.74. The number of nitrogens with one attached hydrogen (secondary N) is 2. The topological polar surface area (TPSA) is 59.6 Å². The molecule has 0 aliphatic rings. The lowest BCUT2D eigenvalue weighted by Gasteiger charge is -2.15. The van der Waals surface area contributed by atoms with Crippen molar-refractivity contribution in [2.75, 3.05) is 24.4 Å². The van der Waals surface area contributed by atoms with Crippen molar-refractivity contribution in [3.63, 3.8) is 0 Å².